The zero-order chi connectivity index (χ0) is 16.1. The molecule has 2 aromatic carbocycles. The molecule has 0 saturated carbocycles. The molecule has 0 unspecified atom stereocenters. The number of nitrogens with zero attached hydrogens (tertiary/aromatic N) is 1. The second-order valence-corrected chi connectivity index (χ2v) is 5.30. The van der Waals surface area contributed by atoms with Crippen LogP contribution in [0.1, 0.15) is 16.7 Å². The number of nitriles is 1. The fourth-order valence-corrected chi connectivity index (χ4v) is 2.08. The van der Waals surface area contributed by atoms with Crippen LogP contribution in [0.5, 0.6) is 5.75 Å². The third-order valence-electron chi connectivity index (χ3n) is 3.21. The van der Waals surface area contributed by atoms with Crippen LogP contribution in [0, 0.1) is 25.2 Å². The van der Waals surface area contributed by atoms with Gasteiger partial charge in [0.2, 0.25) is 0 Å². The number of hydrogen-bond acceptors (Lipinski definition) is 3. The Bertz CT molecular complexity index is 751. The molecule has 0 spiro atoms. The minimum absolute atomic E-state index is 0.154. The van der Waals surface area contributed by atoms with Crippen molar-refractivity contribution in [1.29, 1.82) is 5.26 Å². The summed E-state index contributed by atoms with van der Waals surface area (Å²) in [6.45, 7) is 3.84. The third-order valence-corrected chi connectivity index (χ3v) is 3.51. The van der Waals surface area contributed by atoms with Crippen LogP contribution in [0.3, 0.4) is 0 Å². The molecule has 22 heavy (non-hydrogen) atoms. The molecule has 5 heteroatoms. The van der Waals surface area contributed by atoms with Crippen molar-refractivity contribution in [1.82, 2.24) is 0 Å². The number of carbonyl (C=O) groups is 1. The topological polar surface area (TPSA) is 62.1 Å². The molecule has 1 N–H and O–H groups in total. The lowest BCUT2D eigenvalue weighted by atomic mass is 10.1. The first kappa shape index (κ1) is 15.9. The molecule has 0 aliphatic carbocycles. The minimum atomic E-state index is -0.274. The van der Waals surface area contributed by atoms with Gasteiger partial charge in [0, 0.05) is 5.69 Å². The minimum Gasteiger partial charge on any atom is -0.482 e. The lowest BCUT2D eigenvalue weighted by Gasteiger charge is -2.10. The quantitative estimate of drug-likeness (QED) is 0.932. The van der Waals surface area contributed by atoms with Crippen LogP contribution in [-0.4, -0.2) is 12.5 Å². The number of nitrogens with one attached hydrogen (secondary N) is 1. The number of anilines is 1. The van der Waals surface area contributed by atoms with Crippen LogP contribution >= 0.6 is 11.6 Å². The third kappa shape index (κ3) is 4.00. The van der Waals surface area contributed by atoms with Crippen LogP contribution < -0.4 is 10.1 Å². The predicted octanol–water partition coefficient (Wildman–Crippen LogP) is 3.85. The first-order valence-electron chi connectivity index (χ1n) is 6.69. The summed E-state index contributed by atoms with van der Waals surface area (Å²) in [5.41, 5.74) is 3.44. The van der Waals surface area contributed by atoms with Gasteiger partial charge in [-0.25, -0.2) is 0 Å². The summed E-state index contributed by atoms with van der Waals surface area (Å²) in [7, 11) is 0. The summed E-state index contributed by atoms with van der Waals surface area (Å²) in [6.07, 6.45) is 0. The summed E-state index contributed by atoms with van der Waals surface area (Å²) in [5.74, 6) is 0.0968. The Morgan fingerprint density at radius 2 is 2.00 bits per heavy atom. The molecule has 1 amide bonds. The van der Waals surface area contributed by atoms with E-state index in [1.54, 1.807) is 12.1 Å². The largest absolute Gasteiger partial charge is 0.482 e. The maximum atomic E-state index is 11.9. The maximum absolute atomic E-state index is 11.9. The van der Waals surface area contributed by atoms with Crippen molar-refractivity contribution >= 4 is 23.2 Å². The molecule has 2 rings (SSSR count). The van der Waals surface area contributed by atoms with E-state index in [9.17, 15) is 4.79 Å². The number of benzene rings is 2. The molecule has 0 aromatic heterocycles. The van der Waals surface area contributed by atoms with Crippen LogP contribution in [0.4, 0.5) is 5.69 Å². The van der Waals surface area contributed by atoms with Crippen LogP contribution in [0.25, 0.3) is 0 Å². The molecule has 0 aliphatic rings. The van der Waals surface area contributed by atoms with Gasteiger partial charge in [-0.1, -0.05) is 17.7 Å². The van der Waals surface area contributed by atoms with Crippen LogP contribution in [0.2, 0.25) is 5.02 Å². The van der Waals surface area contributed by atoms with Gasteiger partial charge in [0.05, 0.1) is 16.7 Å². The highest BCUT2D eigenvalue weighted by Gasteiger charge is 2.07. The molecular weight excluding hydrogens is 300 g/mol. The molecule has 0 saturated heterocycles. The maximum Gasteiger partial charge on any atom is 0.262 e. The highest BCUT2D eigenvalue weighted by atomic mass is 35.5. The first-order valence-corrected chi connectivity index (χ1v) is 7.07. The number of amides is 1. The lowest BCUT2D eigenvalue weighted by molar-refractivity contribution is -0.118. The van der Waals surface area contributed by atoms with Crippen molar-refractivity contribution in [3.63, 3.8) is 0 Å². The Hall–Kier alpha value is -2.51. The normalized spacial score (nSPS) is 9.91. The van der Waals surface area contributed by atoms with E-state index in [2.05, 4.69) is 5.32 Å². The van der Waals surface area contributed by atoms with Crippen molar-refractivity contribution in [2.75, 3.05) is 11.9 Å². The molecule has 0 radical (unpaired) electrons. The summed E-state index contributed by atoms with van der Waals surface area (Å²) in [5, 5.41) is 11.8. The van der Waals surface area contributed by atoms with Gasteiger partial charge in [0.25, 0.3) is 5.91 Å². The number of carbonyl (C=O) groups excluding carboxylic acids is 1. The van der Waals surface area contributed by atoms with E-state index >= 15 is 0 Å². The molecule has 0 aliphatic heterocycles. The average molecular weight is 315 g/mol. The zero-order valence-corrected chi connectivity index (χ0v) is 13.1. The van der Waals surface area contributed by atoms with Gasteiger partial charge in [0.15, 0.2) is 6.61 Å². The summed E-state index contributed by atoms with van der Waals surface area (Å²) < 4.78 is 5.37. The van der Waals surface area contributed by atoms with E-state index < -0.39 is 0 Å². The van der Waals surface area contributed by atoms with Crippen molar-refractivity contribution in [2.45, 2.75) is 13.8 Å². The smallest absolute Gasteiger partial charge is 0.262 e. The molecule has 0 bridgehead atoms. The second kappa shape index (κ2) is 6.97. The van der Waals surface area contributed by atoms with Gasteiger partial charge in [-0.15, -0.1) is 0 Å². The highest BCUT2D eigenvalue weighted by molar-refractivity contribution is 6.32. The molecule has 4 nitrogen and oxygen atoms in total. The van der Waals surface area contributed by atoms with Gasteiger partial charge < -0.3 is 10.1 Å². The second-order valence-electron chi connectivity index (χ2n) is 4.89. The lowest BCUT2D eigenvalue weighted by Crippen LogP contribution is -2.20. The van der Waals surface area contributed by atoms with Gasteiger partial charge in [0.1, 0.15) is 5.75 Å². The zero-order valence-electron chi connectivity index (χ0n) is 12.3. The summed E-state index contributed by atoms with van der Waals surface area (Å²) in [6, 6.07) is 12.3. The van der Waals surface area contributed by atoms with Crippen molar-refractivity contribution in [3.8, 4) is 11.8 Å². The van der Waals surface area contributed by atoms with Crippen LogP contribution in [0.15, 0.2) is 36.4 Å². The van der Waals surface area contributed by atoms with Gasteiger partial charge in [-0.05, 0) is 55.3 Å². The van der Waals surface area contributed by atoms with Gasteiger partial charge in [-0.3, -0.25) is 4.79 Å². The van der Waals surface area contributed by atoms with E-state index in [1.165, 1.54) is 11.6 Å². The van der Waals surface area contributed by atoms with E-state index in [1.807, 2.05) is 38.1 Å². The van der Waals surface area contributed by atoms with Crippen molar-refractivity contribution < 1.29 is 9.53 Å². The monoisotopic (exact) mass is 314 g/mol. The number of hydrogen-bond donors (Lipinski definition) is 1. The summed E-state index contributed by atoms with van der Waals surface area (Å²) >= 11 is 5.98. The standard InChI is InChI=1S/C17H15ClN2O2/c1-11-3-5-14(7-12(11)2)20-17(21)10-22-16-6-4-13(9-19)8-15(16)18/h3-8H,10H2,1-2H3,(H,20,21). The Morgan fingerprint density at radius 3 is 2.64 bits per heavy atom. The van der Waals surface area contributed by atoms with E-state index in [-0.39, 0.29) is 12.5 Å². The SMILES string of the molecule is Cc1ccc(NC(=O)COc2ccc(C#N)cc2Cl)cc1C. The van der Waals surface area contributed by atoms with Gasteiger partial charge >= 0.3 is 0 Å². The predicted molar refractivity (Wildman–Crippen MR) is 86.2 cm³/mol. The van der Waals surface area contributed by atoms with Crippen molar-refractivity contribution in [2.24, 2.45) is 0 Å². The number of aryl methyl sites for hydroxylation is 2. The molecule has 0 atom stereocenters. The fourth-order valence-electron chi connectivity index (χ4n) is 1.85. The number of rotatable bonds is 4. The Kier molecular flexibility index (Phi) is 5.03. The highest BCUT2D eigenvalue weighted by Crippen LogP contribution is 2.25. The van der Waals surface area contributed by atoms with E-state index in [4.69, 9.17) is 21.6 Å². The number of ether oxygens (including phenoxy) is 1. The molecule has 2 aromatic rings. The van der Waals surface area contributed by atoms with Crippen LogP contribution in [-0.2, 0) is 4.79 Å². The van der Waals surface area contributed by atoms with Gasteiger partial charge in [-0.2, -0.15) is 5.26 Å². The Balaban J connectivity index is 1.95. The fraction of sp³-hybridized carbons (Fsp3) is 0.176. The van der Waals surface area contributed by atoms with Crippen molar-refractivity contribution in [3.05, 3.63) is 58.1 Å². The summed E-state index contributed by atoms with van der Waals surface area (Å²) in [4.78, 5) is 11.9. The molecule has 0 fully saturated rings. The Labute approximate surface area is 134 Å². The molecule has 0 heterocycles. The first-order chi connectivity index (χ1) is 10.5. The van der Waals surface area contributed by atoms with E-state index in [0.717, 1.165) is 11.3 Å². The average Bonchev–Trinajstić information content (AvgIpc) is 2.49. The molecule has 112 valence electrons. The molecular formula is C17H15ClN2O2. The number of halogens is 1. The van der Waals surface area contributed by atoms with E-state index in [0.29, 0.717) is 16.3 Å². The Morgan fingerprint density at radius 1 is 1.23 bits per heavy atom.